The molecule has 0 rings (SSSR count). The Hall–Kier alpha value is -1.06. The van der Waals surface area contributed by atoms with Gasteiger partial charge in [0.15, 0.2) is 0 Å². The van der Waals surface area contributed by atoms with Crippen LogP contribution in [-0.2, 0) is 4.79 Å². The van der Waals surface area contributed by atoms with E-state index >= 15 is 0 Å². The average Bonchev–Trinajstić information content (AvgIpc) is 1.83. The second kappa shape index (κ2) is 3.88. The number of amides is 1. The summed E-state index contributed by atoms with van der Waals surface area (Å²) in [6.07, 6.45) is 2.19. The van der Waals surface area contributed by atoms with E-state index < -0.39 is 0 Å². The first-order valence-electron chi connectivity index (χ1n) is 2.55. The fourth-order valence-corrected chi connectivity index (χ4v) is 0.212. The van der Waals surface area contributed by atoms with Crippen LogP contribution >= 0.6 is 0 Å². The number of hydrogen-bond donors (Lipinski definition) is 0. The van der Waals surface area contributed by atoms with E-state index in [1.807, 2.05) is 14.1 Å². The topological polar surface area (TPSA) is 35.9 Å². The number of carbonyl (C=O) groups is 1. The molecule has 0 heterocycles. The quantitative estimate of drug-likeness (QED) is 0.224. The normalized spacial score (nSPS) is 9.67. The molecular formula is C5H11N3O. The van der Waals surface area contributed by atoms with Crippen molar-refractivity contribution < 1.29 is 4.79 Å². The summed E-state index contributed by atoms with van der Waals surface area (Å²) in [5, 5.41) is 4.90. The van der Waals surface area contributed by atoms with Crippen molar-refractivity contribution in [3.05, 3.63) is 0 Å². The summed E-state index contributed by atoms with van der Waals surface area (Å²) in [6.45, 7) is 0. The number of hydrazone groups is 1. The molecule has 4 nitrogen and oxygen atoms in total. The average molecular weight is 129 g/mol. The summed E-state index contributed by atoms with van der Waals surface area (Å²) < 4.78 is 0. The Morgan fingerprint density at radius 1 is 1.33 bits per heavy atom. The van der Waals surface area contributed by atoms with E-state index in [4.69, 9.17) is 0 Å². The highest BCUT2D eigenvalue weighted by molar-refractivity contribution is 5.56. The molecular weight excluding hydrogens is 118 g/mol. The van der Waals surface area contributed by atoms with Gasteiger partial charge >= 0.3 is 0 Å². The van der Waals surface area contributed by atoms with Crippen molar-refractivity contribution in [2.24, 2.45) is 5.10 Å². The van der Waals surface area contributed by atoms with Crippen molar-refractivity contribution in [3.8, 4) is 0 Å². The first-order chi connectivity index (χ1) is 4.16. The third-order valence-electron chi connectivity index (χ3n) is 0.617. The van der Waals surface area contributed by atoms with Crippen LogP contribution in [0.25, 0.3) is 0 Å². The molecule has 0 saturated carbocycles. The molecule has 0 saturated heterocycles. The zero-order valence-electron chi connectivity index (χ0n) is 5.90. The van der Waals surface area contributed by atoms with Crippen molar-refractivity contribution in [1.82, 2.24) is 9.91 Å². The lowest BCUT2D eigenvalue weighted by atomic mass is 10.9. The predicted octanol–water partition coefficient (Wildman–Crippen LogP) is -0.421. The molecule has 0 aliphatic rings. The van der Waals surface area contributed by atoms with E-state index in [9.17, 15) is 4.79 Å². The molecule has 0 unspecified atom stereocenters. The molecule has 9 heavy (non-hydrogen) atoms. The van der Waals surface area contributed by atoms with Crippen molar-refractivity contribution in [3.63, 3.8) is 0 Å². The SMILES string of the molecule is CN(C)/C=N/N(C)C=O. The minimum absolute atomic E-state index is 0.639. The van der Waals surface area contributed by atoms with Gasteiger partial charge in [-0.3, -0.25) is 4.79 Å². The maximum absolute atomic E-state index is 9.91. The third-order valence-corrected chi connectivity index (χ3v) is 0.617. The lowest BCUT2D eigenvalue weighted by Crippen LogP contribution is -2.14. The molecule has 0 radical (unpaired) electrons. The van der Waals surface area contributed by atoms with Crippen LogP contribution in [0.15, 0.2) is 5.10 Å². The van der Waals surface area contributed by atoms with E-state index in [1.165, 1.54) is 5.01 Å². The van der Waals surface area contributed by atoms with Crippen molar-refractivity contribution in [2.75, 3.05) is 21.1 Å². The number of hydrogen-bond acceptors (Lipinski definition) is 2. The summed E-state index contributed by atoms with van der Waals surface area (Å²) in [5.41, 5.74) is 0. The zero-order valence-corrected chi connectivity index (χ0v) is 5.90. The lowest BCUT2D eigenvalue weighted by molar-refractivity contribution is -0.117. The molecule has 0 bridgehead atoms. The number of carbonyl (C=O) groups excluding carboxylic acids is 1. The minimum atomic E-state index is 0.639. The van der Waals surface area contributed by atoms with Crippen molar-refractivity contribution in [1.29, 1.82) is 0 Å². The fraction of sp³-hybridized carbons (Fsp3) is 0.600. The fourth-order valence-electron chi connectivity index (χ4n) is 0.212. The van der Waals surface area contributed by atoms with Crippen LogP contribution in [0.1, 0.15) is 0 Å². The van der Waals surface area contributed by atoms with E-state index in [2.05, 4.69) is 5.10 Å². The first-order valence-corrected chi connectivity index (χ1v) is 2.55. The zero-order chi connectivity index (χ0) is 7.28. The van der Waals surface area contributed by atoms with Gasteiger partial charge in [0.05, 0.1) is 0 Å². The van der Waals surface area contributed by atoms with Crippen LogP contribution < -0.4 is 0 Å². The van der Waals surface area contributed by atoms with Crippen LogP contribution in [0.2, 0.25) is 0 Å². The Morgan fingerprint density at radius 3 is 2.22 bits per heavy atom. The molecule has 1 amide bonds. The van der Waals surface area contributed by atoms with Crippen LogP contribution in [0.4, 0.5) is 0 Å². The second-order valence-corrected chi connectivity index (χ2v) is 1.87. The second-order valence-electron chi connectivity index (χ2n) is 1.87. The Bertz CT molecular complexity index is 111. The summed E-state index contributed by atoms with van der Waals surface area (Å²) >= 11 is 0. The largest absolute Gasteiger partial charge is 0.367 e. The van der Waals surface area contributed by atoms with Crippen LogP contribution in [0.5, 0.6) is 0 Å². The van der Waals surface area contributed by atoms with E-state index in [0.717, 1.165) is 0 Å². The highest BCUT2D eigenvalue weighted by atomic mass is 16.1. The molecule has 0 aromatic rings. The summed E-state index contributed by atoms with van der Waals surface area (Å²) in [5.74, 6) is 0. The first kappa shape index (κ1) is 7.94. The molecule has 0 atom stereocenters. The van der Waals surface area contributed by atoms with Gasteiger partial charge in [0.25, 0.3) is 0 Å². The van der Waals surface area contributed by atoms with Crippen LogP contribution in [0, 0.1) is 0 Å². The Kier molecular flexibility index (Phi) is 3.43. The maximum Gasteiger partial charge on any atom is 0.229 e. The van der Waals surface area contributed by atoms with Gasteiger partial charge in [-0.15, -0.1) is 0 Å². The molecule has 52 valence electrons. The molecule has 0 N–H and O–H groups in total. The summed E-state index contributed by atoms with van der Waals surface area (Å²) in [4.78, 5) is 11.7. The Labute approximate surface area is 54.7 Å². The summed E-state index contributed by atoms with van der Waals surface area (Å²) in [7, 11) is 5.25. The van der Waals surface area contributed by atoms with Crippen LogP contribution in [-0.4, -0.2) is 43.8 Å². The van der Waals surface area contributed by atoms with Gasteiger partial charge < -0.3 is 4.90 Å². The standard InChI is InChI=1S/C5H11N3O/c1-7(2)4-6-8(3)5-9/h4-5H,1-3H3/b6-4+. The highest BCUT2D eigenvalue weighted by Crippen LogP contribution is 1.73. The Morgan fingerprint density at radius 2 is 1.89 bits per heavy atom. The van der Waals surface area contributed by atoms with Gasteiger partial charge in [-0.05, 0) is 0 Å². The van der Waals surface area contributed by atoms with Gasteiger partial charge in [0.2, 0.25) is 6.41 Å². The van der Waals surface area contributed by atoms with Gasteiger partial charge in [-0.25, -0.2) is 5.01 Å². The van der Waals surface area contributed by atoms with Gasteiger partial charge in [-0.2, -0.15) is 5.10 Å². The molecule has 0 aliphatic carbocycles. The molecule has 0 aliphatic heterocycles. The monoisotopic (exact) mass is 129 g/mol. The Balaban J connectivity index is 3.56. The maximum atomic E-state index is 9.91. The molecule has 0 aromatic heterocycles. The molecule has 0 fully saturated rings. The highest BCUT2D eigenvalue weighted by Gasteiger charge is 1.82. The predicted molar refractivity (Wildman–Crippen MR) is 36.0 cm³/mol. The van der Waals surface area contributed by atoms with E-state index in [-0.39, 0.29) is 0 Å². The van der Waals surface area contributed by atoms with Gasteiger partial charge in [0.1, 0.15) is 6.34 Å². The van der Waals surface area contributed by atoms with Gasteiger partial charge in [0, 0.05) is 21.1 Å². The number of rotatable bonds is 3. The van der Waals surface area contributed by atoms with E-state index in [0.29, 0.717) is 6.41 Å². The summed E-state index contributed by atoms with van der Waals surface area (Å²) in [6, 6.07) is 0. The number of nitrogens with zero attached hydrogens (tertiary/aromatic N) is 3. The van der Waals surface area contributed by atoms with Crippen molar-refractivity contribution >= 4 is 12.7 Å². The van der Waals surface area contributed by atoms with Gasteiger partial charge in [-0.1, -0.05) is 0 Å². The minimum Gasteiger partial charge on any atom is -0.367 e. The molecule has 0 spiro atoms. The van der Waals surface area contributed by atoms with Crippen LogP contribution in [0.3, 0.4) is 0 Å². The third kappa shape index (κ3) is 4.80. The molecule has 0 aromatic carbocycles. The molecule has 4 heteroatoms. The van der Waals surface area contributed by atoms with Crippen molar-refractivity contribution in [2.45, 2.75) is 0 Å². The smallest absolute Gasteiger partial charge is 0.229 e. The lowest BCUT2D eigenvalue weighted by Gasteiger charge is -2.05. The van der Waals surface area contributed by atoms with E-state index in [1.54, 1.807) is 18.3 Å².